The molecule has 0 spiro atoms. The van der Waals surface area contributed by atoms with Gasteiger partial charge in [0.25, 0.3) is 0 Å². The maximum absolute atomic E-state index is 9.54. The first-order valence-electron chi connectivity index (χ1n) is 9.81. The Kier molecular flexibility index (Phi) is 6.34. The van der Waals surface area contributed by atoms with Crippen LogP contribution in [0.25, 0.3) is 5.69 Å². The molecule has 0 saturated heterocycles. The molecule has 2 heterocycles. The van der Waals surface area contributed by atoms with Crippen molar-refractivity contribution in [2.24, 2.45) is 5.10 Å². The summed E-state index contributed by atoms with van der Waals surface area (Å²) >= 11 is 0. The number of nitriles is 1. The molecule has 0 unspecified atom stereocenters. The minimum absolute atomic E-state index is 0.349. The van der Waals surface area contributed by atoms with E-state index in [0.29, 0.717) is 18.0 Å². The van der Waals surface area contributed by atoms with Crippen molar-refractivity contribution in [3.8, 4) is 11.8 Å². The lowest BCUT2D eigenvalue weighted by Crippen LogP contribution is -2.04. The van der Waals surface area contributed by atoms with Crippen molar-refractivity contribution in [3.05, 3.63) is 75.2 Å². The van der Waals surface area contributed by atoms with Crippen LogP contribution in [-0.2, 0) is 11.3 Å². The van der Waals surface area contributed by atoms with Gasteiger partial charge in [0, 0.05) is 41.0 Å². The Bertz CT molecular complexity index is 1150. The molecule has 0 aliphatic rings. The van der Waals surface area contributed by atoms with Crippen LogP contribution in [0.4, 0.5) is 5.82 Å². The molecule has 0 bridgehead atoms. The van der Waals surface area contributed by atoms with Gasteiger partial charge in [-0.3, -0.25) is 5.43 Å². The quantitative estimate of drug-likeness (QED) is 0.472. The third-order valence-corrected chi connectivity index (χ3v) is 5.23. The van der Waals surface area contributed by atoms with Crippen LogP contribution in [0.5, 0.6) is 0 Å². The molecule has 154 valence electrons. The fourth-order valence-electron chi connectivity index (χ4n) is 3.56. The third kappa shape index (κ3) is 4.27. The zero-order valence-corrected chi connectivity index (χ0v) is 18.4. The van der Waals surface area contributed by atoms with E-state index < -0.39 is 0 Å². The Morgan fingerprint density at radius 1 is 1.13 bits per heavy atom. The third-order valence-electron chi connectivity index (χ3n) is 5.23. The molecule has 2 aromatic heterocycles. The minimum atomic E-state index is 0.349. The first kappa shape index (κ1) is 21.3. The fraction of sp³-hybridized carbons (Fsp3) is 0.292. The number of nitrogens with zero attached hydrogens (tertiary/aromatic N) is 4. The number of hydrazone groups is 1. The average Bonchev–Trinajstić information content (AvgIpc) is 2.98. The van der Waals surface area contributed by atoms with E-state index in [2.05, 4.69) is 78.1 Å². The minimum Gasteiger partial charge on any atom is -0.380 e. The van der Waals surface area contributed by atoms with Gasteiger partial charge in [-0.25, -0.2) is 4.98 Å². The maximum Gasteiger partial charge on any atom is 0.164 e. The van der Waals surface area contributed by atoms with Crippen LogP contribution >= 0.6 is 0 Å². The molecule has 1 aromatic carbocycles. The number of benzene rings is 1. The van der Waals surface area contributed by atoms with E-state index in [1.165, 1.54) is 11.1 Å². The Morgan fingerprint density at radius 2 is 1.90 bits per heavy atom. The molecular weight excluding hydrogens is 374 g/mol. The predicted octanol–water partition coefficient (Wildman–Crippen LogP) is 4.88. The molecule has 3 aromatic rings. The highest BCUT2D eigenvalue weighted by atomic mass is 16.5. The van der Waals surface area contributed by atoms with Gasteiger partial charge < -0.3 is 9.30 Å². The first-order valence-corrected chi connectivity index (χ1v) is 9.81. The number of hydrogen-bond acceptors (Lipinski definition) is 5. The molecule has 6 heteroatoms. The van der Waals surface area contributed by atoms with E-state index in [1.807, 2.05) is 13.0 Å². The van der Waals surface area contributed by atoms with Gasteiger partial charge in [0.15, 0.2) is 5.82 Å². The number of methoxy groups -OCH3 is 1. The zero-order valence-electron chi connectivity index (χ0n) is 18.4. The summed E-state index contributed by atoms with van der Waals surface area (Å²) in [6.45, 7) is 10.6. The normalized spacial score (nSPS) is 11.1. The van der Waals surface area contributed by atoms with Crippen molar-refractivity contribution in [1.82, 2.24) is 9.55 Å². The summed E-state index contributed by atoms with van der Waals surface area (Å²) in [5.74, 6) is 0.434. The van der Waals surface area contributed by atoms with Crippen LogP contribution in [0.3, 0.4) is 0 Å². The molecular formula is C24H27N5O. The summed E-state index contributed by atoms with van der Waals surface area (Å²) in [4.78, 5) is 4.42. The fourth-order valence-corrected chi connectivity index (χ4v) is 3.56. The highest BCUT2D eigenvalue weighted by Gasteiger charge is 2.12. The Hall–Kier alpha value is -3.43. The van der Waals surface area contributed by atoms with Crippen molar-refractivity contribution in [3.63, 3.8) is 0 Å². The van der Waals surface area contributed by atoms with Gasteiger partial charge in [-0.15, -0.1) is 0 Å². The number of aromatic nitrogens is 2. The van der Waals surface area contributed by atoms with Gasteiger partial charge >= 0.3 is 0 Å². The molecule has 3 rings (SSSR count). The van der Waals surface area contributed by atoms with Gasteiger partial charge in [-0.2, -0.15) is 10.4 Å². The van der Waals surface area contributed by atoms with E-state index >= 15 is 0 Å². The van der Waals surface area contributed by atoms with Crippen LogP contribution in [0.2, 0.25) is 0 Å². The van der Waals surface area contributed by atoms with Crippen molar-refractivity contribution in [2.45, 2.75) is 41.2 Å². The predicted molar refractivity (Wildman–Crippen MR) is 120 cm³/mol. The molecule has 6 nitrogen and oxygen atoms in total. The summed E-state index contributed by atoms with van der Waals surface area (Å²) < 4.78 is 7.41. The monoisotopic (exact) mass is 401 g/mol. The number of ether oxygens (including phenoxy) is 1. The molecule has 0 fully saturated rings. The summed E-state index contributed by atoms with van der Waals surface area (Å²) in [6, 6.07) is 12.6. The van der Waals surface area contributed by atoms with E-state index in [4.69, 9.17) is 4.74 Å². The number of hydrogen-bond donors (Lipinski definition) is 1. The Morgan fingerprint density at radius 3 is 2.57 bits per heavy atom. The van der Waals surface area contributed by atoms with Crippen molar-refractivity contribution >= 4 is 12.0 Å². The second-order valence-corrected chi connectivity index (χ2v) is 7.49. The summed E-state index contributed by atoms with van der Waals surface area (Å²) in [5.41, 5.74) is 11.9. The summed E-state index contributed by atoms with van der Waals surface area (Å²) in [6.07, 6.45) is 1.76. The number of aryl methyl sites for hydroxylation is 4. The van der Waals surface area contributed by atoms with E-state index in [-0.39, 0.29) is 0 Å². The molecule has 0 saturated carbocycles. The number of rotatable bonds is 6. The Balaban J connectivity index is 1.90. The molecule has 0 aliphatic heterocycles. The summed E-state index contributed by atoms with van der Waals surface area (Å²) in [5, 5.41) is 13.9. The van der Waals surface area contributed by atoms with Crippen molar-refractivity contribution in [2.75, 3.05) is 12.5 Å². The number of pyridine rings is 1. The first-order chi connectivity index (χ1) is 14.3. The smallest absolute Gasteiger partial charge is 0.164 e. The lowest BCUT2D eigenvalue weighted by atomic mass is 10.1. The van der Waals surface area contributed by atoms with E-state index in [9.17, 15) is 5.26 Å². The summed E-state index contributed by atoms with van der Waals surface area (Å²) in [7, 11) is 1.60. The lowest BCUT2D eigenvalue weighted by Gasteiger charge is -2.11. The zero-order chi connectivity index (χ0) is 21.8. The largest absolute Gasteiger partial charge is 0.380 e. The second kappa shape index (κ2) is 8.93. The molecule has 1 N–H and O–H groups in total. The number of nitrogens with one attached hydrogen (secondary N) is 1. The highest BCUT2D eigenvalue weighted by Crippen LogP contribution is 2.22. The highest BCUT2D eigenvalue weighted by molar-refractivity contribution is 5.83. The lowest BCUT2D eigenvalue weighted by molar-refractivity contribution is 0.184. The van der Waals surface area contributed by atoms with Crippen LogP contribution in [0.1, 0.15) is 44.9 Å². The van der Waals surface area contributed by atoms with E-state index in [0.717, 1.165) is 33.9 Å². The number of anilines is 1. The van der Waals surface area contributed by atoms with E-state index in [1.54, 1.807) is 13.3 Å². The SMILES string of the molecule is COCc1cc(C)nc(N/N=C\c2cc(C)n(-c3ccc(C)c(C)c3)c2C)c1C#N. The Labute approximate surface area is 177 Å². The van der Waals surface area contributed by atoms with Crippen LogP contribution in [0.15, 0.2) is 35.4 Å². The van der Waals surface area contributed by atoms with Gasteiger partial charge in [-0.05, 0) is 70.0 Å². The van der Waals surface area contributed by atoms with Crippen molar-refractivity contribution in [1.29, 1.82) is 5.26 Å². The van der Waals surface area contributed by atoms with Gasteiger partial charge in [-0.1, -0.05) is 6.07 Å². The van der Waals surface area contributed by atoms with Gasteiger partial charge in [0.2, 0.25) is 0 Å². The molecule has 0 aliphatic carbocycles. The topological polar surface area (TPSA) is 75.2 Å². The molecule has 30 heavy (non-hydrogen) atoms. The van der Waals surface area contributed by atoms with Crippen LogP contribution < -0.4 is 5.43 Å². The molecule has 0 amide bonds. The van der Waals surface area contributed by atoms with Crippen LogP contribution in [-0.4, -0.2) is 22.9 Å². The van der Waals surface area contributed by atoms with Gasteiger partial charge in [0.1, 0.15) is 11.6 Å². The maximum atomic E-state index is 9.54. The molecule has 0 atom stereocenters. The van der Waals surface area contributed by atoms with Crippen LogP contribution in [0, 0.1) is 45.9 Å². The van der Waals surface area contributed by atoms with Crippen molar-refractivity contribution < 1.29 is 4.74 Å². The molecule has 0 radical (unpaired) electrons. The van der Waals surface area contributed by atoms with Gasteiger partial charge in [0.05, 0.1) is 12.8 Å². The second-order valence-electron chi connectivity index (χ2n) is 7.49. The standard InChI is InChI=1S/C24H27N5O/c1-15-7-8-22(9-16(15)2)29-18(4)11-20(19(29)5)13-26-28-24-23(12-25)21(14-30-6)10-17(3)27-24/h7-11,13H,14H2,1-6H3,(H,27,28)/b26-13-. The average molecular weight is 402 g/mol.